The minimum Gasteiger partial charge on any atom is -0.399 e. The van der Waals surface area contributed by atoms with Gasteiger partial charge in [-0.05, 0) is 31.5 Å². The fourth-order valence-corrected chi connectivity index (χ4v) is 3.31. The molecule has 0 aliphatic carbocycles. The van der Waals surface area contributed by atoms with Gasteiger partial charge in [-0.1, -0.05) is 12.1 Å². The van der Waals surface area contributed by atoms with Gasteiger partial charge in [-0.25, -0.2) is 13.4 Å². The summed E-state index contributed by atoms with van der Waals surface area (Å²) in [5.74, 6) is 0. The summed E-state index contributed by atoms with van der Waals surface area (Å²) in [5.41, 5.74) is 7.21. The molecule has 0 radical (unpaired) electrons. The molecular weight excluding hydrogens is 288 g/mol. The molecule has 0 aliphatic rings. The number of aromatic nitrogens is 2. The first-order chi connectivity index (χ1) is 9.86. The van der Waals surface area contributed by atoms with Crippen molar-refractivity contribution >= 4 is 15.7 Å². The molecule has 21 heavy (non-hydrogen) atoms. The van der Waals surface area contributed by atoms with Crippen LogP contribution in [0, 0.1) is 0 Å². The van der Waals surface area contributed by atoms with Crippen LogP contribution in [0.2, 0.25) is 0 Å². The summed E-state index contributed by atoms with van der Waals surface area (Å²) in [6.07, 6.45) is 3.06. The van der Waals surface area contributed by atoms with E-state index in [0.717, 1.165) is 5.56 Å². The van der Waals surface area contributed by atoms with Gasteiger partial charge in [-0.15, -0.1) is 0 Å². The lowest BCUT2D eigenvalue weighted by molar-refractivity contribution is 0.397. The number of nitrogens with two attached hydrogens (primary N) is 1. The van der Waals surface area contributed by atoms with Crippen molar-refractivity contribution in [2.75, 3.05) is 12.8 Å². The standard InChI is InChI=1S/C14H20N4O2S/c1-4-18-9-14(16-10-18)21(19,20)17(3)11(2)12-6-5-7-13(15)8-12/h5-11H,4,15H2,1-3H3. The lowest BCUT2D eigenvalue weighted by Gasteiger charge is -2.23. The summed E-state index contributed by atoms with van der Waals surface area (Å²) in [7, 11) is -2.08. The van der Waals surface area contributed by atoms with Crippen LogP contribution in [-0.2, 0) is 16.6 Å². The molecule has 2 rings (SSSR count). The second-order valence-electron chi connectivity index (χ2n) is 4.91. The molecule has 0 fully saturated rings. The summed E-state index contributed by atoms with van der Waals surface area (Å²) >= 11 is 0. The Balaban J connectivity index is 2.31. The van der Waals surface area contributed by atoms with Crippen LogP contribution < -0.4 is 5.73 Å². The van der Waals surface area contributed by atoms with Gasteiger partial charge in [0.1, 0.15) is 0 Å². The predicted octanol–water partition coefficient (Wildman–Crippen LogP) is 1.87. The zero-order chi connectivity index (χ0) is 15.6. The third-order valence-corrected chi connectivity index (χ3v) is 5.37. The summed E-state index contributed by atoms with van der Waals surface area (Å²) < 4.78 is 28.2. The van der Waals surface area contributed by atoms with Crippen LogP contribution in [0.15, 0.2) is 41.8 Å². The van der Waals surface area contributed by atoms with Crippen molar-refractivity contribution in [3.05, 3.63) is 42.4 Å². The Morgan fingerprint density at radius 1 is 1.43 bits per heavy atom. The minimum atomic E-state index is -3.63. The molecule has 0 aliphatic heterocycles. The van der Waals surface area contributed by atoms with Gasteiger partial charge >= 0.3 is 0 Å². The lowest BCUT2D eigenvalue weighted by Crippen LogP contribution is -2.30. The second-order valence-corrected chi connectivity index (χ2v) is 6.85. The number of hydrogen-bond acceptors (Lipinski definition) is 4. The normalized spacial score (nSPS) is 13.5. The van der Waals surface area contributed by atoms with E-state index in [9.17, 15) is 8.42 Å². The van der Waals surface area contributed by atoms with Crippen molar-refractivity contribution < 1.29 is 8.42 Å². The van der Waals surface area contributed by atoms with Crippen molar-refractivity contribution in [2.24, 2.45) is 0 Å². The Morgan fingerprint density at radius 2 is 2.14 bits per heavy atom. The van der Waals surface area contributed by atoms with Crippen LogP contribution in [0.5, 0.6) is 0 Å². The second kappa shape index (κ2) is 5.87. The Kier molecular flexibility index (Phi) is 4.34. The fraction of sp³-hybridized carbons (Fsp3) is 0.357. The van der Waals surface area contributed by atoms with E-state index in [0.29, 0.717) is 12.2 Å². The van der Waals surface area contributed by atoms with Crippen molar-refractivity contribution in [2.45, 2.75) is 31.5 Å². The first-order valence-corrected chi connectivity index (χ1v) is 8.15. The number of benzene rings is 1. The van der Waals surface area contributed by atoms with Gasteiger partial charge in [-0.2, -0.15) is 4.31 Å². The monoisotopic (exact) mass is 308 g/mol. The topological polar surface area (TPSA) is 81.2 Å². The molecule has 114 valence electrons. The maximum atomic E-state index is 12.6. The maximum absolute atomic E-state index is 12.6. The van der Waals surface area contributed by atoms with Gasteiger partial charge in [-0.3, -0.25) is 0 Å². The highest BCUT2D eigenvalue weighted by Gasteiger charge is 2.28. The van der Waals surface area contributed by atoms with E-state index in [1.165, 1.54) is 16.8 Å². The van der Waals surface area contributed by atoms with E-state index in [1.54, 1.807) is 23.7 Å². The number of rotatable bonds is 5. The summed E-state index contributed by atoms with van der Waals surface area (Å²) in [5, 5.41) is 0.0580. The van der Waals surface area contributed by atoms with Gasteiger partial charge < -0.3 is 10.3 Å². The third-order valence-electron chi connectivity index (χ3n) is 3.56. The number of nitrogen functional groups attached to an aromatic ring is 1. The molecule has 1 unspecified atom stereocenters. The third kappa shape index (κ3) is 3.08. The number of imidazole rings is 1. The smallest absolute Gasteiger partial charge is 0.262 e. The molecule has 6 nitrogen and oxygen atoms in total. The molecule has 1 aromatic heterocycles. The van der Waals surface area contributed by atoms with Crippen LogP contribution in [0.25, 0.3) is 0 Å². The van der Waals surface area contributed by atoms with Crippen molar-refractivity contribution in [1.82, 2.24) is 13.9 Å². The number of anilines is 1. The van der Waals surface area contributed by atoms with Crippen LogP contribution in [0.1, 0.15) is 25.5 Å². The van der Waals surface area contributed by atoms with Gasteiger partial charge in [0.05, 0.1) is 6.33 Å². The van der Waals surface area contributed by atoms with Gasteiger partial charge in [0, 0.05) is 31.5 Å². The average molecular weight is 308 g/mol. The molecule has 0 amide bonds. The summed E-state index contributed by atoms with van der Waals surface area (Å²) in [6.45, 7) is 4.43. The number of nitrogens with zero attached hydrogens (tertiary/aromatic N) is 3. The minimum absolute atomic E-state index is 0.0580. The zero-order valence-electron chi connectivity index (χ0n) is 12.4. The largest absolute Gasteiger partial charge is 0.399 e. The predicted molar refractivity (Wildman–Crippen MR) is 82.1 cm³/mol. The zero-order valence-corrected chi connectivity index (χ0v) is 13.2. The summed E-state index contributed by atoms with van der Waals surface area (Å²) in [4.78, 5) is 3.98. The molecule has 2 N–H and O–H groups in total. The van der Waals surface area contributed by atoms with Crippen molar-refractivity contribution in [3.8, 4) is 0 Å². The molecule has 7 heteroatoms. The van der Waals surface area contributed by atoms with E-state index in [1.807, 2.05) is 26.0 Å². The van der Waals surface area contributed by atoms with E-state index in [2.05, 4.69) is 4.98 Å². The fourth-order valence-electron chi connectivity index (χ4n) is 2.03. The van der Waals surface area contributed by atoms with E-state index in [-0.39, 0.29) is 11.1 Å². The molecule has 0 bridgehead atoms. The number of hydrogen-bond donors (Lipinski definition) is 1. The number of aryl methyl sites for hydroxylation is 1. The van der Waals surface area contributed by atoms with Crippen LogP contribution in [0.4, 0.5) is 5.69 Å². The molecular formula is C14H20N4O2S. The van der Waals surface area contributed by atoms with E-state index < -0.39 is 10.0 Å². The molecule has 0 saturated heterocycles. The molecule has 0 saturated carbocycles. The molecule has 2 aromatic rings. The van der Waals surface area contributed by atoms with Crippen LogP contribution in [-0.4, -0.2) is 29.3 Å². The van der Waals surface area contributed by atoms with Gasteiger partial charge in [0.25, 0.3) is 10.0 Å². The highest BCUT2D eigenvalue weighted by Crippen LogP contribution is 2.25. The first kappa shape index (κ1) is 15.5. The van der Waals surface area contributed by atoms with Gasteiger partial charge in [0.2, 0.25) is 0 Å². The Hall–Kier alpha value is -1.86. The Morgan fingerprint density at radius 3 is 2.71 bits per heavy atom. The summed E-state index contributed by atoms with van der Waals surface area (Å²) in [6, 6.07) is 6.89. The van der Waals surface area contributed by atoms with Crippen LogP contribution in [0.3, 0.4) is 0 Å². The lowest BCUT2D eigenvalue weighted by atomic mass is 10.1. The SMILES string of the molecule is CCn1cnc(S(=O)(=O)N(C)C(C)c2cccc(N)c2)c1. The van der Waals surface area contributed by atoms with E-state index in [4.69, 9.17) is 5.73 Å². The highest BCUT2D eigenvalue weighted by atomic mass is 32.2. The van der Waals surface area contributed by atoms with Crippen LogP contribution >= 0.6 is 0 Å². The van der Waals surface area contributed by atoms with Crippen molar-refractivity contribution in [1.29, 1.82) is 0 Å². The van der Waals surface area contributed by atoms with E-state index >= 15 is 0 Å². The Labute approximate surface area is 125 Å². The van der Waals surface area contributed by atoms with Crippen molar-refractivity contribution in [3.63, 3.8) is 0 Å². The molecule has 1 heterocycles. The highest BCUT2D eigenvalue weighted by molar-refractivity contribution is 7.89. The Bertz CT molecular complexity index is 724. The number of sulfonamides is 1. The average Bonchev–Trinajstić information content (AvgIpc) is 2.95. The molecule has 0 spiro atoms. The quantitative estimate of drug-likeness (QED) is 0.855. The molecule has 1 aromatic carbocycles. The van der Waals surface area contributed by atoms with Gasteiger partial charge in [0.15, 0.2) is 5.03 Å². The first-order valence-electron chi connectivity index (χ1n) is 6.71. The molecule has 1 atom stereocenters. The maximum Gasteiger partial charge on any atom is 0.262 e.